The molecule has 3 aromatic rings. The predicted octanol–water partition coefficient (Wildman–Crippen LogP) is 3.85. The Labute approximate surface area is 156 Å². The SMILES string of the molecule is CC(C)c1ccc(C(C)NC(=O)CCn2cnc3sccc3c2=O)cc1. The largest absolute Gasteiger partial charge is 0.350 e. The molecule has 136 valence electrons. The predicted molar refractivity (Wildman–Crippen MR) is 106 cm³/mol. The average Bonchev–Trinajstić information content (AvgIpc) is 3.11. The van der Waals surface area contributed by atoms with E-state index in [4.69, 9.17) is 0 Å². The van der Waals surface area contributed by atoms with Crippen molar-refractivity contribution < 1.29 is 4.79 Å². The summed E-state index contributed by atoms with van der Waals surface area (Å²) in [4.78, 5) is 29.6. The van der Waals surface area contributed by atoms with Crippen LogP contribution in [0.3, 0.4) is 0 Å². The van der Waals surface area contributed by atoms with E-state index in [1.54, 1.807) is 6.07 Å². The highest BCUT2D eigenvalue weighted by molar-refractivity contribution is 7.16. The number of aromatic nitrogens is 2. The Hall–Kier alpha value is -2.47. The van der Waals surface area contributed by atoms with Gasteiger partial charge in [0.2, 0.25) is 5.91 Å². The summed E-state index contributed by atoms with van der Waals surface area (Å²) >= 11 is 1.44. The van der Waals surface area contributed by atoms with Crippen molar-refractivity contribution in [2.24, 2.45) is 0 Å². The quantitative estimate of drug-likeness (QED) is 0.718. The van der Waals surface area contributed by atoms with Gasteiger partial charge in [-0.1, -0.05) is 38.1 Å². The Bertz CT molecular complexity index is 957. The van der Waals surface area contributed by atoms with Crippen molar-refractivity contribution in [3.63, 3.8) is 0 Å². The number of aryl methyl sites for hydroxylation is 1. The summed E-state index contributed by atoms with van der Waals surface area (Å²) in [6.07, 6.45) is 1.76. The molecule has 0 aliphatic carbocycles. The Balaban J connectivity index is 1.59. The van der Waals surface area contributed by atoms with Crippen molar-refractivity contribution in [2.75, 3.05) is 0 Å². The lowest BCUT2D eigenvalue weighted by atomic mass is 9.99. The van der Waals surface area contributed by atoms with Crippen LogP contribution in [0.1, 0.15) is 50.3 Å². The van der Waals surface area contributed by atoms with Crippen LogP contribution in [-0.2, 0) is 11.3 Å². The fourth-order valence-electron chi connectivity index (χ4n) is 2.84. The van der Waals surface area contributed by atoms with Crippen LogP contribution in [0, 0.1) is 0 Å². The fraction of sp³-hybridized carbons (Fsp3) is 0.350. The second-order valence-electron chi connectivity index (χ2n) is 6.74. The van der Waals surface area contributed by atoms with E-state index in [0.717, 1.165) is 10.4 Å². The fourth-order valence-corrected chi connectivity index (χ4v) is 3.56. The van der Waals surface area contributed by atoms with Crippen LogP contribution >= 0.6 is 11.3 Å². The number of benzene rings is 1. The van der Waals surface area contributed by atoms with Gasteiger partial charge >= 0.3 is 0 Å². The maximum atomic E-state index is 12.3. The molecule has 1 amide bonds. The molecule has 2 aromatic heterocycles. The first-order valence-corrected chi connectivity index (χ1v) is 9.65. The maximum Gasteiger partial charge on any atom is 0.262 e. The summed E-state index contributed by atoms with van der Waals surface area (Å²) in [6, 6.07) is 10.0. The minimum atomic E-state index is -0.0960. The first kappa shape index (κ1) is 18.3. The molecule has 1 aromatic carbocycles. The lowest BCUT2D eigenvalue weighted by Gasteiger charge is -2.16. The van der Waals surface area contributed by atoms with Crippen LogP contribution in [0.25, 0.3) is 10.2 Å². The van der Waals surface area contributed by atoms with E-state index in [2.05, 4.69) is 48.4 Å². The number of carbonyl (C=O) groups is 1. The zero-order valence-electron chi connectivity index (χ0n) is 15.2. The Morgan fingerprint density at radius 3 is 2.54 bits per heavy atom. The highest BCUT2D eigenvalue weighted by Crippen LogP contribution is 2.18. The summed E-state index contributed by atoms with van der Waals surface area (Å²) in [5.74, 6) is 0.407. The molecule has 0 spiro atoms. The van der Waals surface area contributed by atoms with E-state index in [0.29, 0.717) is 17.8 Å². The first-order valence-electron chi connectivity index (χ1n) is 8.77. The minimum Gasteiger partial charge on any atom is -0.350 e. The average molecular weight is 369 g/mol. The van der Waals surface area contributed by atoms with Gasteiger partial charge in [0.25, 0.3) is 5.56 Å². The van der Waals surface area contributed by atoms with Crippen molar-refractivity contribution in [1.29, 1.82) is 0 Å². The van der Waals surface area contributed by atoms with Gasteiger partial charge in [-0.15, -0.1) is 11.3 Å². The van der Waals surface area contributed by atoms with E-state index in [1.807, 2.05) is 12.3 Å². The summed E-state index contributed by atoms with van der Waals surface area (Å²) < 4.78 is 1.50. The molecule has 0 bridgehead atoms. The number of rotatable bonds is 6. The summed E-state index contributed by atoms with van der Waals surface area (Å²) in [5, 5.41) is 5.45. The van der Waals surface area contributed by atoms with Crippen molar-refractivity contribution in [2.45, 2.75) is 45.7 Å². The molecule has 6 heteroatoms. The van der Waals surface area contributed by atoms with E-state index in [9.17, 15) is 9.59 Å². The lowest BCUT2D eigenvalue weighted by Crippen LogP contribution is -2.29. The number of hydrogen-bond donors (Lipinski definition) is 1. The van der Waals surface area contributed by atoms with Crippen LogP contribution < -0.4 is 10.9 Å². The third-order valence-corrected chi connectivity index (χ3v) is 5.33. The van der Waals surface area contributed by atoms with Crippen molar-refractivity contribution >= 4 is 27.5 Å². The molecule has 2 heterocycles. The molecule has 0 aliphatic rings. The van der Waals surface area contributed by atoms with Crippen LogP contribution in [0.15, 0.2) is 46.8 Å². The monoisotopic (exact) mass is 369 g/mol. The smallest absolute Gasteiger partial charge is 0.262 e. The number of nitrogens with one attached hydrogen (secondary N) is 1. The lowest BCUT2D eigenvalue weighted by molar-refractivity contribution is -0.121. The second kappa shape index (κ2) is 7.83. The Morgan fingerprint density at radius 2 is 1.85 bits per heavy atom. The third kappa shape index (κ3) is 4.02. The Morgan fingerprint density at radius 1 is 1.15 bits per heavy atom. The van der Waals surface area contributed by atoms with Gasteiger partial charge < -0.3 is 5.32 Å². The summed E-state index contributed by atoms with van der Waals surface area (Å²) in [7, 11) is 0. The second-order valence-corrected chi connectivity index (χ2v) is 7.64. The molecule has 1 unspecified atom stereocenters. The standard InChI is InChI=1S/C20H23N3O2S/c1-13(2)15-4-6-16(7-5-15)14(3)22-18(24)8-10-23-12-21-19-17(20(23)25)9-11-26-19/h4-7,9,11-14H,8,10H2,1-3H3,(H,22,24). The van der Waals surface area contributed by atoms with Crippen LogP contribution in [0.2, 0.25) is 0 Å². The van der Waals surface area contributed by atoms with Crippen LogP contribution in [0.5, 0.6) is 0 Å². The maximum absolute atomic E-state index is 12.3. The minimum absolute atomic E-state index is 0.0714. The van der Waals surface area contributed by atoms with Gasteiger partial charge in [0.1, 0.15) is 4.83 Å². The molecular formula is C20H23N3O2S. The van der Waals surface area contributed by atoms with Crippen LogP contribution in [0.4, 0.5) is 0 Å². The molecule has 0 aliphatic heterocycles. The van der Waals surface area contributed by atoms with Gasteiger partial charge in [0.15, 0.2) is 0 Å². The molecule has 0 fully saturated rings. The van der Waals surface area contributed by atoms with Crippen molar-refractivity contribution in [1.82, 2.24) is 14.9 Å². The highest BCUT2D eigenvalue weighted by Gasteiger charge is 2.11. The molecule has 1 N–H and O–H groups in total. The summed E-state index contributed by atoms with van der Waals surface area (Å²) in [6.45, 7) is 6.60. The molecular weight excluding hydrogens is 346 g/mol. The number of fused-ring (bicyclic) bond motifs is 1. The van der Waals surface area contributed by atoms with E-state index in [-0.39, 0.29) is 23.9 Å². The first-order chi connectivity index (χ1) is 12.5. The zero-order valence-corrected chi connectivity index (χ0v) is 16.0. The molecule has 3 rings (SSSR count). The number of carbonyl (C=O) groups excluding carboxylic acids is 1. The summed E-state index contributed by atoms with van der Waals surface area (Å²) in [5.41, 5.74) is 2.26. The molecule has 0 saturated heterocycles. The molecule has 26 heavy (non-hydrogen) atoms. The Kier molecular flexibility index (Phi) is 5.52. The topological polar surface area (TPSA) is 64.0 Å². The van der Waals surface area contributed by atoms with E-state index in [1.165, 1.54) is 27.8 Å². The van der Waals surface area contributed by atoms with Crippen LogP contribution in [-0.4, -0.2) is 15.5 Å². The zero-order chi connectivity index (χ0) is 18.7. The number of amides is 1. The van der Waals surface area contributed by atoms with Gasteiger partial charge in [0.05, 0.1) is 17.8 Å². The van der Waals surface area contributed by atoms with Gasteiger partial charge in [0, 0.05) is 13.0 Å². The van der Waals surface area contributed by atoms with Gasteiger partial charge in [-0.25, -0.2) is 4.98 Å². The van der Waals surface area contributed by atoms with Crippen molar-refractivity contribution in [3.8, 4) is 0 Å². The van der Waals surface area contributed by atoms with Gasteiger partial charge in [-0.05, 0) is 35.4 Å². The molecule has 0 saturated carbocycles. The number of thiophene rings is 1. The highest BCUT2D eigenvalue weighted by atomic mass is 32.1. The van der Waals surface area contributed by atoms with E-state index >= 15 is 0 Å². The molecule has 5 nitrogen and oxygen atoms in total. The third-order valence-electron chi connectivity index (χ3n) is 4.51. The molecule has 1 atom stereocenters. The molecule has 0 radical (unpaired) electrons. The van der Waals surface area contributed by atoms with E-state index < -0.39 is 0 Å². The van der Waals surface area contributed by atoms with Crippen molar-refractivity contribution in [3.05, 3.63) is 63.5 Å². The van der Waals surface area contributed by atoms with Gasteiger partial charge in [-0.2, -0.15) is 0 Å². The number of hydrogen-bond acceptors (Lipinski definition) is 4. The number of nitrogens with zero attached hydrogens (tertiary/aromatic N) is 2. The normalized spacial score (nSPS) is 12.5. The van der Waals surface area contributed by atoms with Gasteiger partial charge in [-0.3, -0.25) is 14.2 Å².